The van der Waals surface area contributed by atoms with Gasteiger partial charge in [0, 0.05) is 18.6 Å². The molecule has 2 heterocycles. The highest BCUT2D eigenvalue weighted by Crippen LogP contribution is 2.24. The van der Waals surface area contributed by atoms with Gasteiger partial charge in [0.1, 0.15) is 9.77 Å². The van der Waals surface area contributed by atoms with Crippen molar-refractivity contribution in [1.82, 2.24) is 4.72 Å². The molecule has 6 nitrogen and oxygen atoms in total. The summed E-state index contributed by atoms with van der Waals surface area (Å²) < 4.78 is 32.1. The fraction of sp³-hybridized carbons (Fsp3) is 0.545. The van der Waals surface area contributed by atoms with Crippen LogP contribution in [0.25, 0.3) is 0 Å². The molecule has 0 saturated carbocycles. The summed E-state index contributed by atoms with van der Waals surface area (Å²) in [5.74, 6) is -1.10. The van der Waals surface area contributed by atoms with Gasteiger partial charge < -0.3 is 9.84 Å². The highest BCUT2D eigenvalue weighted by molar-refractivity contribution is 7.89. The standard InChI is InChI=1S/C11H15NO5S2/c1-7(8-2-4-17-6-8)12-19(15,16)9-3-5-18-10(9)11(13)14/h3,5,7-8,12H,2,4,6H2,1H3,(H,13,14). The smallest absolute Gasteiger partial charge is 0.347 e. The maximum Gasteiger partial charge on any atom is 0.347 e. The van der Waals surface area contributed by atoms with E-state index in [1.807, 2.05) is 0 Å². The summed E-state index contributed by atoms with van der Waals surface area (Å²) >= 11 is 0.900. The number of thiophene rings is 1. The van der Waals surface area contributed by atoms with Crippen LogP contribution in [0.2, 0.25) is 0 Å². The molecule has 1 aromatic heterocycles. The van der Waals surface area contributed by atoms with E-state index < -0.39 is 16.0 Å². The molecule has 0 aromatic carbocycles. The molecule has 2 rings (SSSR count). The van der Waals surface area contributed by atoms with Crippen molar-refractivity contribution >= 4 is 27.3 Å². The van der Waals surface area contributed by atoms with Crippen molar-refractivity contribution in [1.29, 1.82) is 0 Å². The zero-order valence-corrected chi connectivity index (χ0v) is 12.0. The van der Waals surface area contributed by atoms with Crippen LogP contribution in [0.1, 0.15) is 23.0 Å². The van der Waals surface area contributed by atoms with Crippen LogP contribution in [-0.4, -0.2) is 38.7 Å². The number of aromatic carboxylic acids is 1. The Balaban J connectivity index is 2.17. The number of carboxylic acids is 1. The van der Waals surface area contributed by atoms with E-state index in [1.54, 1.807) is 6.92 Å². The Morgan fingerprint density at radius 2 is 2.37 bits per heavy atom. The summed E-state index contributed by atoms with van der Waals surface area (Å²) in [5, 5.41) is 10.4. The van der Waals surface area contributed by atoms with Gasteiger partial charge in [-0.05, 0) is 24.8 Å². The lowest BCUT2D eigenvalue weighted by Crippen LogP contribution is -2.38. The molecule has 2 atom stereocenters. The van der Waals surface area contributed by atoms with Crippen molar-refractivity contribution in [2.75, 3.05) is 13.2 Å². The first-order chi connectivity index (χ1) is 8.92. The Morgan fingerprint density at radius 3 is 2.95 bits per heavy atom. The van der Waals surface area contributed by atoms with Crippen molar-refractivity contribution in [3.8, 4) is 0 Å². The predicted molar refractivity (Wildman–Crippen MR) is 70.0 cm³/mol. The minimum atomic E-state index is -3.81. The Hall–Kier alpha value is -0.960. The van der Waals surface area contributed by atoms with Gasteiger partial charge in [-0.2, -0.15) is 0 Å². The van der Waals surface area contributed by atoms with Crippen LogP contribution in [0.5, 0.6) is 0 Å². The molecular formula is C11H15NO5S2. The monoisotopic (exact) mass is 305 g/mol. The van der Waals surface area contributed by atoms with E-state index in [1.165, 1.54) is 11.4 Å². The van der Waals surface area contributed by atoms with Crippen LogP contribution in [0, 0.1) is 5.92 Å². The summed E-state index contributed by atoms with van der Waals surface area (Å²) in [6.07, 6.45) is 0.805. The van der Waals surface area contributed by atoms with E-state index in [-0.39, 0.29) is 21.7 Å². The second-order valence-corrected chi connectivity index (χ2v) is 7.05. The summed E-state index contributed by atoms with van der Waals surface area (Å²) in [6, 6.07) is 1.03. The average Bonchev–Trinajstić information content (AvgIpc) is 3.00. The maximum atomic E-state index is 12.2. The van der Waals surface area contributed by atoms with Gasteiger partial charge in [0.15, 0.2) is 0 Å². The summed E-state index contributed by atoms with van der Waals surface area (Å²) in [6.45, 7) is 2.93. The lowest BCUT2D eigenvalue weighted by Gasteiger charge is -2.19. The van der Waals surface area contributed by atoms with E-state index in [0.29, 0.717) is 13.2 Å². The summed E-state index contributed by atoms with van der Waals surface area (Å²) in [5.41, 5.74) is 0. The Bertz CT molecular complexity index is 559. The topological polar surface area (TPSA) is 92.7 Å². The van der Waals surface area contributed by atoms with Gasteiger partial charge in [0.2, 0.25) is 10.0 Å². The SMILES string of the molecule is CC(NS(=O)(=O)c1ccsc1C(=O)O)C1CCOC1. The molecule has 1 fully saturated rings. The maximum absolute atomic E-state index is 12.2. The lowest BCUT2D eigenvalue weighted by atomic mass is 10.0. The Kier molecular flexibility index (Phi) is 4.24. The zero-order valence-electron chi connectivity index (χ0n) is 10.3. The van der Waals surface area contributed by atoms with Gasteiger partial charge in [-0.1, -0.05) is 0 Å². The quantitative estimate of drug-likeness (QED) is 0.851. The second-order valence-electron chi connectivity index (χ2n) is 4.45. The van der Waals surface area contributed by atoms with E-state index in [9.17, 15) is 13.2 Å². The number of sulfonamides is 1. The highest BCUT2D eigenvalue weighted by atomic mass is 32.2. The number of ether oxygens (including phenoxy) is 1. The van der Waals surface area contributed by atoms with Crippen molar-refractivity contribution in [2.24, 2.45) is 5.92 Å². The Morgan fingerprint density at radius 1 is 1.63 bits per heavy atom. The lowest BCUT2D eigenvalue weighted by molar-refractivity contribution is 0.0698. The van der Waals surface area contributed by atoms with Crippen molar-refractivity contribution < 1.29 is 23.1 Å². The minimum absolute atomic E-state index is 0.127. The van der Waals surface area contributed by atoms with Crippen LogP contribution in [0.15, 0.2) is 16.3 Å². The van der Waals surface area contributed by atoms with Crippen molar-refractivity contribution in [3.05, 3.63) is 16.3 Å². The zero-order chi connectivity index (χ0) is 14.0. The third kappa shape index (κ3) is 3.14. The van der Waals surface area contributed by atoms with Crippen molar-refractivity contribution in [2.45, 2.75) is 24.3 Å². The highest BCUT2D eigenvalue weighted by Gasteiger charge is 2.29. The summed E-state index contributed by atoms with van der Waals surface area (Å²) in [4.78, 5) is 10.6. The first-order valence-electron chi connectivity index (χ1n) is 5.82. The molecule has 8 heteroatoms. The normalized spacial score (nSPS) is 21.4. The van der Waals surface area contributed by atoms with Gasteiger partial charge in [-0.3, -0.25) is 0 Å². The molecule has 2 N–H and O–H groups in total. The molecular weight excluding hydrogens is 290 g/mol. The average molecular weight is 305 g/mol. The summed E-state index contributed by atoms with van der Waals surface area (Å²) in [7, 11) is -3.81. The van der Waals surface area contributed by atoms with E-state index in [0.717, 1.165) is 17.8 Å². The number of hydrogen-bond donors (Lipinski definition) is 2. The largest absolute Gasteiger partial charge is 0.477 e. The first-order valence-corrected chi connectivity index (χ1v) is 8.19. The molecule has 106 valence electrons. The molecule has 1 aliphatic rings. The number of hydrogen-bond acceptors (Lipinski definition) is 5. The molecule has 2 unspecified atom stereocenters. The van der Waals surface area contributed by atoms with Crippen LogP contribution < -0.4 is 4.72 Å². The van der Waals surface area contributed by atoms with Gasteiger partial charge in [-0.25, -0.2) is 17.9 Å². The number of carboxylic acid groups (broad SMARTS) is 1. The molecule has 1 aromatic rings. The molecule has 0 aliphatic carbocycles. The minimum Gasteiger partial charge on any atom is -0.477 e. The van der Waals surface area contributed by atoms with Crippen LogP contribution in [0.4, 0.5) is 0 Å². The molecule has 1 aliphatic heterocycles. The molecule has 0 radical (unpaired) electrons. The molecule has 0 amide bonds. The predicted octanol–water partition coefficient (Wildman–Crippen LogP) is 1.15. The fourth-order valence-corrected chi connectivity index (χ4v) is 4.59. The molecule has 19 heavy (non-hydrogen) atoms. The molecule has 0 bridgehead atoms. The molecule has 0 spiro atoms. The fourth-order valence-electron chi connectivity index (χ4n) is 2.02. The van der Waals surface area contributed by atoms with E-state index in [2.05, 4.69) is 4.72 Å². The van der Waals surface area contributed by atoms with E-state index >= 15 is 0 Å². The van der Waals surface area contributed by atoms with Crippen LogP contribution >= 0.6 is 11.3 Å². The first kappa shape index (κ1) is 14.4. The van der Waals surface area contributed by atoms with E-state index in [4.69, 9.17) is 9.84 Å². The number of nitrogens with one attached hydrogen (secondary N) is 1. The third-order valence-corrected chi connectivity index (χ3v) is 5.76. The Labute approximate surface area is 115 Å². The van der Waals surface area contributed by atoms with Crippen LogP contribution in [-0.2, 0) is 14.8 Å². The van der Waals surface area contributed by atoms with Gasteiger partial charge in [-0.15, -0.1) is 11.3 Å². The second kappa shape index (κ2) is 5.58. The molecule has 1 saturated heterocycles. The van der Waals surface area contributed by atoms with Crippen molar-refractivity contribution in [3.63, 3.8) is 0 Å². The number of rotatable bonds is 5. The van der Waals surface area contributed by atoms with Gasteiger partial charge in [0.05, 0.1) is 6.61 Å². The number of carbonyl (C=O) groups is 1. The van der Waals surface area contributed by atoms with Gasteiger partial charge in [0.25, 0.3) is 0 Å². The van der Waals surface area contributed by atoms with Gasteiger partial charge >= 0.3 is 5.97 Å². The third-order valence-electron chi connectivity index (χ3n) is 3.13. The van der Waals surface area contributed by atoms with Crippen LogP contribution in [0.3, 0.4) is 0 Å².